The van der Waals surface area contributed by atoms with Gasteiger partial charge < -0.3 is 19.3 Å². The van der Waals surface area contributed by atoms with E-state index in [0.717, 1.165) is 11.1 Å². The summed E-state index contributed by atoms with van der Waals surface area (Å²) in [5.74, 6) is 0.396. The number of aliphatic carboxylic acids is 1. The number of carboxylic acids is 1. The van der Waals surface area contributed by atoms with Crippen LogP contribution >= 0.6 is 22.6 Å². The average molecular weight is 465 g/mol. The summed E-state index contributed by atoms with van der Waals surface area (Å²) in [6.45, 7) is -0.461. The Bertz CT molecular complexity index is 869. The predicted molar refractivity (Wildman–Crippen MR) is 105 cm³/mol. The number of methoxy groups -OCH3 is 2. The Hall–Kier alpha value is -2.73. The van der Waals surface area contributed by atoms with Crippen LogP contribution in [-0.2, 0) is 4.79 Å². The van der Waals surface area contributed by atoms with Crippen LogP contribution in [0.4, 0.5) is 0 Å². The smallest absolute Gasteiger partial charge is 0.341 e. The number of allylic oxidation sites excluding steroid dienone is 1. The Morgan fingerprint density at radius 3 is 2.46 bits per heavy atom. The van der Waals surface area contributed by atoms with Gasteiger partial charge in [0.05, 0.1) is 29.4 Å². The van der Waals surface area contributed by atoms with E-state index < -0.39 is 12.6 Å². The summed E-state index contributed by atoms with van der Waals surface area (Å²) in [4.78, 5) is 10.7. The van der Waals surface area contributed by atoms with Crippen LogP contribution in [0.5, 0.6) is 17.2 Å². The Balaban J connectivity index is 2.39. The van der Waals surface area contributed by atoms with E-state index in [0.29, 0.717) is 26.4 Å². The van der Waals surface area contributed by atoms with Gasteiger partial charge in [0.1, 0.15) is 5.75 Å². The zero-order chi connectivity index (χ0) is 19.1. The standard InChI is InChI=1S/C19H16INO5/c1-24-15-5-3-13(4-6-15)14(10-21)7-12-8-16(20)19(17(9-12)25-2)26-11-18(22)23/h3-9H,11H2,1-2H3,(H,22,23)/b14-7+. The lowest BCUT2D eigenvalue weighted by molar-refractivity contribution is -0.139. The van der Waals surface area contributed by atoms with E-state index in [-0.39, 0.29) is 0 Å². The van der Waals surface area contributed by atoms with Gasteiger partial charge in [-0.1, -0.05) is 0 Å². The van der Waals surface area contributed by atoms with Gasteiger partial charge in [-0.3, -0.25) is 0 Å². The van der Waals surface area contributed by atoms with E-state index in [4.69, 9.17) is 19.3 Å². The van der Waals surface area contributed by atoms with E-state index in [9.17, 15) is 10.1 Å². The summed E-state index contributed by atoms with van der Waals surface area (Å²) in [7, 11) is 3.06. The van der Waals surface area contributed by atoms with Crippen LogP contribution < -0.4 is 14.2 Å². The molecule has 26 heavy (non-hydrogen) atoms. The fourth-order valence-electron chi connectivity index (χ4n) is 2.21. The van der Waals surface area contributed by atoms with Crippen LogP contribution in [0, 0.1) is 14.9 Å². The van der Waals surface area contributed by atoms with Crippen LogP contribution in [0.3, 0.4) is 0 Å². The highest BCUT2D eigenvalue weighted by molar-refractivity contribution is 14.1. The molecule has 2 aromatic carbocycles. The Morgan fingerprint density at radius 1 is 1.23 bits per heavy atom. The van der Waals surface area contributed by atoms with Crippen molar-refractivity contribution >= 4 is 40.2 Å². The molecular weight excluding hydrogens is 449 g/mol. The van der Waals surface area contributed by atoms with Crippen LogP contribution in [0.1, 0.15) is 11.1 Å². The summed E-state index contributed by atoms with van der Waals surface area (Å²) >= 11 is 2.04. The topological polar surface area (TPSA) is 88.8 Å². The Kier molecular flexibility index (Phi) is 6.86. The van der Waals surface area contributed by atoms with E-state index in [1.165, 1.54) is 7.11 Å². The molecule has 134 valence electrons. The highest BCUT2D eigenvalue weighted by Crippen LogP contribution is 2.35. The van der Waals surface area contributed by atoms with Crippen LogP contribution in [0.25, 0.3) is 11.6 Å². The maximum absolute atomic E-state index is 10.7. The van der Waals surface area contributed by atoms with Crippen LogP contribution in [0.2, 0.25) is 0 Å². The third-order valence-electron chi connectivity index (χ3n) is 3.42. The number of hydrogen-bond donors (Lipinski definition) is 1. The molecule has 0 aliphatic rings. The first-order valence-electron chi connectivity index (χ1n) is 7.46. The van der Waals surface area contributed by atoms with E-state index >= 15 is 0 Å². The molecule has 0 aliphatic carbocycles. The normalized spacial score (nSPS) is 10.8. The highest BCUT2D eigenvalue weighted by Gasteiger charge is 2.13. The van der Waals surface area contributed by atoms with Gasteiger partial charge in [0.15, 0.2) is 18.1 Å². The molecule has 0 radical (unpaired) electrons. The lowest BCUT2D eigenvalue weighted by atomic mass is 10.0. The minimum atomic E-state index is -1.07. The Morgan fingerprint density at radius 2 is 1.92 bits per heavy atom. The third kappa shape index (κ3) is 4.89. The number of halogens is 1. The number of nitriles is 1. The van der Waals surface area contributed by atoms with Gasteiger partial charge >= 0.3 is 5.97 Å². The van der Waals surface area contributed by atoms with Crippen molar-refractivity contribution in [1.29, 1.82) is 5.26 Å². The lowest BCUT2D eigenvalue weighted by Crippen LogP contribution is -2.11. The number of ether oxygens (including phenoxy) is 3. The van der Waals surface area contributed by atoms with Crippen molar-refractivity contribution in [3.8, 4) is 23.3 Å². The maximum atomic E-state index is 10.7. The number of hydrogen-bond acceptors (Lipinski definition) is 5. The molecule has 0 amide bonds. The van der Waals surface area contributed by atoms with Gasteiger partial charge in [-0.2, -0.15) is 5.26 Å². The van der Waals surface area contributed by atoms with Crippen molar-refractivity contribution < 1.29 is 24.1 Å². The third-order valence-corrected chi connectivity index (χ3v) is 4.23. The summed E-state index contributed by atoms with van der Waals surface area (Å²) < 4.78 is 16.4. The molecule has 2 rings (SSSR count). The van der Waals surface area contributed by atoms with Crippen molar-refractivity contribution in [2.45, 2.75) is 0 Å². The van der Waals surface area contributed by atoms with Crippen molar-refractivity contribution in [3.63, 3.8) is 0 Å². The summed E-state index contributed by atoms with van der Waals surface area (Å²) in [5.41, 5.74) is 1.97. The number of carboxylic acid groups (broad SMARTS) is 1. The zero-order valence-electron chi connectivity index (χ0n) is 14.2. The molecular formula is C19H16INO5. The molecule has 0 spiro atoms. The summed E-state index contributed by atoms with van der Waals surface area (Å²) in [5, 5.41) is 18.3. The number of rotatable bonds is 7. The first-order valence-corrected chi connectivity index (χ1v) is 8.54. The molecule has 6 nitrogen and oxygen atoms in total. The largest absolute Gasteiger partial charge is 0.497 e. The molecule has 0 fully saturated rings. The minimum absolute atomic E-state index is 0.357. The average Bonchev–Trinajstić information content (AvgIpc) is 2.64. The second-order valence-corrected chi connectivity index (χ2v) is 6.28. The lowest BCUT2D eigenvalue weighted by Gasteiger charge is -2.12. The minimum Gasteiger partial charge on any atom is -0.497 e. The second kappa shape index (κ2) is 9.10. The molecule has 0 heterocycles. The van der Waals surface area contributed by atoms with Gasteiger partial charge in [-0.25, -0.2) is 4.79 Å². The molecule has 0 aliphatic heterocycles. The quantitative estimate of drug-likeness (QED) is 0.380. The molecule has 0 atom stereocenters. The number of carbonyl (C=O) groups is 1. The van der Waals surface area contributed by atoms with Crippen LogP contribution in [-0.4, -0.2) is 31.9 Å². The monoisotopic (exact) mass is 465 g/mol. The van der Waals surface area contributed by atoms with Gasteiger partial charge in [0.25, 0.3) is 0 Å². The van der Waals surface area contributed by atoms with Crippen molar-refractivity contribution in [1.82, 2.24) is 0 Å². The van der Waals surface area contributed by atoms with E-state index in [1.54, 1.807) is 49.6 Å². The van der Waals surface area contributed by atoms with Gasteiger partial charge in [0, 0.05) is 0 Å². The molecule has 0 unspecified atom stereocenters. The van der Waals surface area contributed by atoms with Crippen molar-refractivity contribution in [2.24, 2.45) is 0 Å². The number of benzene rings is 2. The van der Waals surface area contributed by atoms with Gasteiger partial charge in [0.2, 0.25) is 0 Å². The zero-order valence-corrected chi connectivity index (χ0v) is 16.3. The fourth-order valence-corrected chi connectivity index (χ4v) is 3.00. The number of nitrogens with zero attached hydrogens (tertiary/aromatic N) is 1. The SMILES string of the molecule is COc1ccc(/C(C#N)=C/c2cc(I)c(OCC(=O)O)c(OC)c2)cc1. The molecule has 2 aromatic rings. The first kappa shape index (κ1) is 19.6. The molecule has 0 aromatic heterocycles. The molecule has 0 saturated carbocycles. The highest BCUT2D eigenvalue weighted by atomic mass is 127. The van der Waals surface area contributed by atoms with Gasteiger partial charge in [-0.15, -0.1) is 0 Å². The molecule has 0 saturated heterocycles. The van der Waals surface area contributed by atoms with Crippen molar-refractivity contribution in [3.05, 3.63) is 51.1 Å². The fraction of sp³-hybridized carbons (Fsp3) is 0.158. The van der Waals surface area contributed by atoms with E-state index in [2.05, 4.69) is 6.07 Å². The van der Waals surface area contributed by atoms with Gasteiger partial charge in [-0.05, 0) is 76.2 Å². The summed E-state index contributed by atoms with van der Waals surface area (Å²) in [6.07, 6.45) is 1.73. The second-order valence-electron chi connectivity index (χ2n) is 5.11. The predicted octanol–water partition coefficient (Wildman–Crippen LogP) is 3.84. The van der Waals surface area contributed by atoms with Crippen molar-refractivity contribution in [2.75, 3.05) is 20.8 Å². The molecule has 1 N–H and O–H groups in total. The van der Waals surface area contributed by atoms with E-state index in [1.807, 2.05) is 22.6 Å². The first-order chi connectivity index (χ1) is 12.5. The summed E-state index contributed by atoms with van der Waals surface area (Å²) in [6, 6.07) is 12.9. The Labute approximate surface area is 164 Å². The maximum Gasteiger partial charge on any atom is 0.341 e. The molecule has 7 heteroatoms. The molecule has 0 bridgehead atoms. The van der Waals surface area contributed by atoms with Crippen LogP contribution in [0.15, 0.2) is 36.4 Å².